The number of halogens is 6. The van der Waals surface area contributed by atoms with Crippen LogP contribution in [-0.2, 0) is 12.4 Å². The molecule has 0 bridgehead atoms. The van der Waals surface area contributed by atoms with Gasteiger partial charge in [-0.2, -0.15) is 26.3 Å². The molecule has 0 spiro atoms. The van der Waals surface area contributed by atoms with Crippen molar-refractivity contribution in [3.8, 4) is 34.1 Å². The summed E-state index contributed by atoms with van der Waals surface area (Å²) in [5.74, 6) is -0.159. The van der Waals surface area contributed by atoms with Crippen LogP contribution >= 0.6 is 0 Å². The monoisotopic (exact) mass is 556 g/mol. The van der Waals surface area contributed by atoms with Crippen molar-refractivity contribution < 1.29 is 35.8 Å². The van der Waals surface area contributed by atoms with Gasteiger partial charge in [0.1, 0.15) is 23.0 Å². The van der Waals surface area contributed by atoms with Crippen molar-refractivity contribution in [1.29, 1.82) is 0 Å². The Bertz CT molecular complexity index is 1440. The van der Waals surface area contributed by atoms with Gasteiger partial charge in [0.2, 0.25) is 0 Å². The lowest BCUT2D eigenvalue weighted by Gasteiger charge is -2.23. The maximum atomic E-state index is 14.5. The van der Waals surface area contributed by atoms with Gasteiger partial charge in [-0.3, -0.25) is 0 Å². The van der Waals surface area contributed by atoms with Gasteiger partial charge in [0.05, 0.1) is 11.1 Å². The zero-order valence-corrected chi connectivity index (χ0v) is 20.7. The molecule has 0 amide bonds. The number of hydrogen-bond acceptors (Lipinski definition) is 4. The van der Waals surface area contributed by atoms with Gasteiger partial charge in [0, 0.05) is 22.5 Å². The van der Waals surface area contributed by atoms with Crippen LogP contribution < -0.4 is 20.9 Å². The number of alkyl halides is 6. The van der Waals surface area contributed by atoms with Gasteiger partial charge in [0.25, 0.3) is 0 Å². The summed E-state index contributed by atoms with van der Waals surface area (Å²) in [6.45, 7) is 6.92. The highest BCUT2D eigenvalue weighted by atomic mass is 19.4. The summed E-state index contributed by atoms with van der Waals surface area (Å²) in [5.41, 5.74) is 6.90. The second-order valence-electron chi connectivity index (χ2n) is 8.55. The lowest BCUT2D eigenvalue weighted by Crippen LogP contribution is -2.15. The van der Waals surface area contributed by atoms with Gasteiger partial charge >= 0.3 is 12.4 Å². The largest absolute Gasteiger partial charge is 0.457 e. The van der Waals surface area contributed by atoms with Crippen molar-refractivity contribution in [2.45, 2.75) is 12.4 Å². The van der Waals surface area contributed by atoms with Crippen molar-refractivity contribution in [1.82, 2.24) is 0 Å². The van der Waals surface area contributed by atoms with E-state index in [-0.39, 0.29) is 23.0 Å². The summed E-state index contributed by atoms with van der Waals surface area (Å²) in [6.07, 6.45) is -8.37. The fourth-order valence-corrected chi connectivity index (χ4v) is 4.17. The van der Waals surface area contributed by atoms with E-state index >= 15 is 0 Å². The van der Waals surface area contributed by atoms with Crippen LogP contribution in [-0.4, -0.2) is 0 Å². The van der Waals surface area contributed by atoms with E-state index in [0.29, 0.717) is 11.4 Å². The maximum absolute atomic E-state index is 14.5. The van der Waals surface area contributed by atoms with Crippen LogP contribution in [0.1, 0.15) is 22.3 Å². The Morgan fingerprint density at radius 2 is 0.850 bits per heavy atom. The Kier molecular flexibility index (Phi) is 7.55. The molecular formula is C30H22F6N2O2. The van der Waals surface area contributed by atoms with Crippen LogP contribution in [0.4, 0.5) is 37.7 Å². The number of ether oxygens (including phenoxy) is 2. The van der Waals surface area contributed by atoms with Gasteiger partial charge in [-0.05, 0) is 71.8 Å². The predicted octanol–water partition coefficient (Wildman–Crippen LogP) is 9.43. The molecule has 4 N–H and O–H groups in total. The smallest absolute Gasteiger partial charge is 0.417 e. The molecule has 0 aromatic heterocycles. The molecule has 0 atom stereocenters. The van der Waals surface area contributed by atoms with Crippen LogP contribution in [0.3, 0.4) is 0 Å². The van der Waals surface area contributed by atoms with Gasteiger partial charge in [-0.1, -0.05) is 37.4 Å². The minimum atomic E-state index is -5.07. The van der Waals surface area contributed by atoms with Crippen LogP contribution in [0, 0.1) is 0 Å². The molecular weight excluding hydrogens is 534 g/mol. The second kappa shape index (κ2) is 10.7. The quantitative estimate of drug-likeness (QED) is 0.176. The fourth-order valence-electron chi connectivity index (χ4n) is 4.17. The molecule has 0 aliphatic heterocycles. The van der Waals surface area contributed by atoms with E-state index in [1.54, 1.807) is 0 Å². The van der Waals surface area contributed by atoms with Crippen molar-refractivity contribution in [3.63, 3.8) is 0 Å². The van der Waals surface area contributed by atoms with E-state index in [2.05, 4.69) is 13.2 Å². The SMILES string of the molecule is C=Cc1c(Oc2ccc(N)cc2)ccc(-c2ccc(Oc3ccc(N)cc3)c(C=C)c2C(F)(F)F)c1C(F)(F)F. The third-order valence-electron chi connectivity index (χ3n) is 5.89. The van der Waals surface area contributed by atoms with Gasteiger partial charge in [-0.25, -0.2) is 0 Å². The third kappa shape index (κ3) is 5.75. The van der Waals surface area contributed by atoms with Crippen LogP contribution in [0.5, 0.6) is 23.0 Å². The van der Waals surface area contributed by atoms with Crippen molar-refractivity contribution in [3.05, 3.63) is 108 Å². The molecule has 206 valence electrons. The highest BCUT2D eigenvalue weighted by Gasteiger charge is 2.42. The first kappa shape index (κ1) is 28.2. The summed E-state index contributed by atoms with van der Waals surface area (Å²) in [7, 11) is 0. The second-order valence-corrected chi connectivity index (χ2v) is 8.55. The highest BCUT2D eigenvalue weighted by molar-refractivity contribution is 5.82. The van der Waals surface area contributed by atoms with Crippen LogP contribution in [0.15, 0.2) is 86.0 Å². The Balaban J connectivity index is 1.94. The molecule has 40 heavy (non-hydrogen) atoms. The van der Waals surface area contributed by atoms with E-state index in [9.17, 15) is 26.3 Å². The lowest BCUT2D eigenvalue weighted by atomic mass is 9.88. The maximum Gasteiger partial charge on any atom is 0.417 e. The van der Waals surface area contributed by atoms with Gasteiger partial charge in [-0.15, -0.1) is 0 Å². The first-order valence-electron chi connectivity index (χ1n) is 11.6. The number of nitrogens with two attached hydrogens (primary N) is 2. The molecule has 4 nitrogen and oxygen atoms in total. The van der Waals surface area contributed by atoms with Crippen molar-refractivity contribution >= 4 is 23.5 Å². The first-order valence-corrected chi connectivity index (χ1v) is 11.6. The number of nitrogen functional groups attached to an aromatic ring is 2. The lowest BCUT2D eigenvalue weighted by molar-refractivity contribution is -0.139. The number of rotatable bonds is 7. The predicted molar refractivity (Wildman–Crippen MR) is 144 cm³/mol. The average molecular weight is 557 g/mol. The molecule has 10 heteroatoms. The standard InChI is InChI=1S/C30H22F6N2O2/c1-3-21-25(39-19-9-5-17(37)6-10-19)15-13-23(27(21)29(31,32)33)24-14-16-26(22(4-2)28(24)30(34,35)36)40-20-11-7-18(38)8-12-20/h3-16H,1-2,37-38H2. The number of anilines is 2. The zero-order chi connectivity index (χ0) is 29.2. The van der Waals surface area contributed by atoms with Crippen LogP contribution in [0.2, 0.25) is 0 Å². The Morgan fingerprint density at radius 1 is 0.525 bits per heavy atom. The minimum absolute atomic E-state index is 0.173. The van der Waals surface area contributed by atoms with Crippen molar-refractivity contribution in [2.24, 2.45) is 0 Å². The molecule has 4 rings (SSSR count). The summed E-state index contributed by atoms with van der Waals surface area (Å²) >= 11 is 0. The van der Waals surface area contributed by atoms with Gasteiger partial charge < -0.3 is 20.9 Å². The van der Waals surface area contributed by atoms with E-state index in [1.807, 2.05) is 0 Å². The highest BCUT2D eigenvalue weighted by Crippen LogP contribution is 2.49. The molecule has 0 heterocycles. The summed E-state index contributed by atoms with van der Waals surface area (Å²) in [5, 5.41) is 0. The Morgan fingerprint density at radius 3 is 1.12 bits per heavy atom. The number of hydrogen-bond donors (Lipinski definition) is 2. The summed E-state index contributed by atoms with van der Waals surface area (Å²) < 4.78 is 98.3. The molecule has 4 aromatic rings. The molecule has 0 radical (unpaired) electrons. The van der Waals surface area contributed by atoms with Crippen LogP contribution in [0.25, 0.3) is 23.3 Å². The molecule has 0 aliphatic rings. The molecule has 0 saturated carbocycles. The van der Waals surface area contributed by atoms with E-state index in [0.717, 1.165) is 36.4 Å². The van der Waals surface area contributed by atoms with E-state index in [1.165, 1.54) is 48.5 Å². The van der Waals surface area contributed by atoms with E-state index in [4.69, 9.17) is 20.9 Å². The van der Waals surface area contributed by atoms with Gasteiger partial charge in [0.15, 0.2) is 0 Å². The van der Waals surface area contributed by atoms with Crippen molar-refractivity contribution in [2.75, 3.05) is 11.5 Å². The normalized spacial score (nSPS) is 11.7. The minimum Gasteiger partial charge on any atom is -0.457 e. The first-order chi connectivity index (χ1) is 18.8. The topological polar surface area (TPSA) is 70.5 Å². The average Bonchev–Trinajstić information content (AvgIpc) is 2.89. The Labute approximate surface area is 225 Å². The Hall–Kier alpha value is -4.86. The molecule has 0 saturated heterocycles. The fraction of sp³-hybridized carbons (Fsp3) is 0.0667. The summed E-state index contributed by atoms with van der Waals surface area (Å²) in [6, 6.07) is 15.9. The molecule has 0 aliphatic carbocycles. The zero-order valence-electron chi connectivity index (χ0n) is 20.7. The summed E-state index contributed by atoms with van der Waals surface area (Å²) in [4.78, 5) is 0. The number of benzene rings is 4. The third-order valence-corrected chi connectivity index (χ3v) is 5.89. The molecule has 0 fully saturated rings. The molecule has 0 unspecified atom stereocenters. The molecule has 4 aromatic carbocycles. The van der Waals surface area contributed by atoms with E-state index < -0.39 is 45.7 Å².